The molecule has 0 aliphatic carbocycles. The molecule has 2 aromatic rings. The molecule has 0 saturated carbocycles. The van der Waals surface area contributed by atoms with E-state index >= 15 is 0 Å². The van der Waals surface area contributed by atoms with Crippen molar-refractivity contribution in [2.45, 2.75) is 19.6 Å². The van der Waals surface area contributed by atoms with Gasteiger partial charge in [0.1, 0.15) is 18.5 Å². The number of aryl methyl sites for hydroxylation is 1. The second-order valence-electron chi connectivity index (χ2n) is 4.19. The lowest BCUT2D eigenvalue weighted by molar-refractivity contribution is 0.0696. The molecule has 1 aromatic carbocycles. The lowest BCUT2D eigenvalue weighted by Crippen LogP contribution is -2.25. The number of benzene rings is 1. The molecule has 0 amide bonds. The predicted octanol–water partition coefficient (Wildman–Crippen LogP) is 0.120. The van der Waals surface area contributed by atoms with Crippen LogP contribution >= 0.6 is 0 Å². The number of ether oxygens (including phenoxy) is 1. The zero-order valence-electron chi connectivity index (χ0n) is 10.8. The molecule has 1 atom stereocenters. The minimum atomic E-state index is -0.996. The first-order valence-corrected chi connectivity index (χ1v) is 5.93. The lowest BCUT2D eigenvalue weighted by atomic mass is 10.2. The fourth-order valence-electron chi connectivity index (χ4n) is 1.53. The topological polar surface area (TPSA) is 110 Å². The molecule has 0 radical (unpaired) electrons. The summed E-state index contributed by atoms with van der Waals surface area (Å²) in [6.07, 6.45) is -0.789. The number of carboxylic acids is 1. The Morgan fingerprint density at radius 3 is 2.65 bits per heavy atom. The van der Waals surface area contributed by atoms with Crippen LogP contribution in [0.4, 0.5) is 0 Å². The molecule has 0 aliphatic rings. The van der Waals surface area contributed by atoms with Gasteiger partial charge in [-0.1, -0.05) is 0 Å². The van der Waals surface area contributed by atoms with E-state index < -0.39 is 12.1 Å². The van der Waals surface area contributed by atoms with E-state index in [1.165, 1.54) is 29.1 Å². The maximum Gasteiger partial charge on any atom is 0.335 e. The van der Waals surface area contributed by atoms with Gasteiger partial charge >= 0.3 is 5.97 Å². The number of hydrogen-bond acceptors (Lipinski definition) is 6. The first-order valence-electron chi connectivity index (χ1n) is 5.93. The summed E-state index contributed by atoms with van der Waals surface area (Å²) in [4.78, 5) is 12.0. The summed E-state index contributed by atoms with van der Waals surface area (Å²) in [7, 11) is 0. The Hall–Kier alpha value is -2.48. The van der Waals surface area contributed by atoms with E-state index in [0.717, 1.165) is 0 Å². The molecule has 2 N–H and O–H groups in total. The average Bonchev–Trinajstić information content (AvgIpc) is 2.82. The quantitative estimate of drug-likeness (QED) is 0.772. The normalized spacial score (nSPS) is 12.1. The van der Waals surface area contributed by atoms with Crippen LogP contribution in [0.15, 0.2) is 24.3 Å². The van der Waals surface area contributed by atoms with Gasteiger partial charge in [-0.3, -0.25) is 0 Å². The molecule has 2 rings (SSSR count). The number of carbonyl (C=O) groups is 1. The highest BCUT2D eigenvalue weighted by molar-refractivity contribution is 5.87. The molecule has 1 unspecified atom stereocenters. The SMILES string of the molecule is Cc1nnn(CC(O)COc2ccc(C(=O)O)cc2)n1. The molecule has 8 nitrogen and oxygen atoms in total. The van der Waals surface area contributed by atoms with Gasteiger partial charge < -0.3 is 14.9 Å². The highest BCUT2D eigenvalue weighted by Crippen LogP contribution is 2.12. The van der Waals surface area contributed by atoms with E-state index in [4.69, 9.17) is 9.84 Å². The summed E-state index contributed by atoms with van der Waals surface area (Å²) in [5.41, 5.74) is 0.181. The van der Waals surface area contributed by atoms with Crippen LogP contribution in [0, 0.1) is 6.92 Å². The van der Waals surface area contributed by atoms with Crippen molar-refractivity contribution in [1.29, 1.82) is 0 Å². The number of aromatic nitrogens is 4. The number of rotatable bonds is 6. The van der Waals surface area contributed by atoms with Crippen LogP contribution in [0.5, 0.6) is 5.75 Å². The fourth-order valence-corrected chi connectivity index (χ4v) is 1.53. The molecular formula is C12H14N4O4. The van der Waals surface area contributed by atoms with Crippen molar-refractivity contribution in [3.8, 4) is 5.75 Å². The Bertz CT molecular complexity index is 581. The van der Waals surface area contributed by atoms with Crippen molar-refractivity contribution >= 4 is 5.97 Å². The molecule has 1 heterocycles. The highest BCUT2D eigenvalue weighted by Gasteiger charge is 2.09. The fraction of sp³-hybridized carbons (Fsp3) is 0.333. The molecule has 0 saturated heterocycles. The monoisotopic (exact) mass is 278 g/mol. The summed E-state index contributed by atoms with van der Waals surface area (Å²) in [5.74, 6) is 0.0170. The summed E-state index contributed by atoms with van der Waals surface area (Å²) in [6.45, 7) is 1.93. The van der Waals surface area contributed by atoms with E-state index in [9.17, 15) is 9.90 Å². The number of hydrogen-bond donors (Lipinski definition) is 2. The number of tetrazole rings is 1. The van der Waals surface area contributed by atoms with Gasteiger partial charge in [0, 0.05) is 0 Å². The Balaban J connectivity index is 1.83. The Kier molecular flexibility index (Phi) is 4.26. The third kappa shape index (κ3) is 3.75. The van der Waals surface area contributed by atoms with Crippen LogP contribution in [0.3, 0.4) is 0 Å². The Labute approximate surface area is 114 Å². The average molecular weight is 278 g/mol. The molecule has 0 bridgehead atoms. The van der Waals surface area contributed by atoms with Crippen molar-refractivity contribution < 1.29 is 19.7 Å². The number of aliphatic hydroxyl groups is 1. The molecule has 0 spiro atoms. The van der Waals surface area contributed by atoms with Crippen LogP contribution in [0.1, 0.15) is 16.2 Å². The molecule has 1 aromatic heterocycles. The first-order chi connectivity index (χ1) is 9.54. The van der Waals surface area contributed by atoms with Crippen molar-refractivity contribution in [2.24, 2.45) is 0 Å². The standard InChI is InChI=1S/C12H14N4O4/c1-8-13-15-16(14-8)6-10(17)7-20-11-4-2-9(3-5-11)12(18)19/h2-5,10,17H,6-7H2,1H3,(H,18,19). The molecule has 0 fully saturated rings. The number of carboxylic acid groups (broad SMARTS) is 1. The van der Waals surface area contributed by atoms with Crippen LogP contribution < -0.4 is 4.74 Å². The number of aliphatic hydroxyl groups excluding tert-OH is 1. The zero-order valence-corrected chi connectivity index (χ0v) is 10.8. The Morgan fingerprint density at radius 2 is 2.10 bits per heavy atom. The smallest absolute Gasteiger partial charge is 0.335 e. The zero-order chi connectivity index (χ0) is 14.5. The maximum atomic E-state index is 10.7. The van der Waals surface area contributed by atoms with Crippen LogP contribution in [-0.4, -0.2) is 49.1 Å². The minimum Gasteiger partial charge on any atom is -0.491 e. The number of nitrogens with zero attached hydrogens (tertiary/aromatic N) is 4. The lowest BCUT2D eigenvalue weighted by Gasteiger charge is -2.11. The first kappa shape index (κ1) is 13.9. The minimum absolute atomic E-state index is 0.0486. The van der Waals surface area contributed by atoms with Gasteiger partial charge in [0.05, 0.1) is 12.1 Å². The third-order valence-corrected chi connectivity index (χ3v) is 2.47. The Morgan fingerprint density at radius 1 is 1.40 bits per heavy atom. The van der Waals surface area contributed by atoms with E-state index in [1.54, 1.807) is 6.92 Å². The van der Waals surface area contributed by atoms with Crippen molar-refractivity contribution in [2.75, 3.05) is 6.61 Å². The van der Waals surface area contributed by atoms with Gasteiger partial charge in [-0.25, -0.2) is 4.79 Å². The van der Waals surface area contributed by atoms with Crippen molar-refractivity contribution in [3.05, 3.63) is 35.7 Å². The van der Waals surface area contributed by atoms with E-state index in [2.05, 4.69) is 15.4 Å². The second kappa shape index (κ2) is 6.11. The van der Waals surface area contributed by atoms with E-state index in [-0.39, 0.29) is 18.7 Å². The second-order valence-corrected chi connectivity index (χ2v) is 4.19. The van der Waals surface area contributed by atoms with Crippen LogP contribution in [-0.2, 0) is 6.54 Å². The van der Waals surface area contributed by atoms with Gasteiger partial charge in [0.25, 0.3) is 0 Å². The largest absolute Gasteiger partial charge is 0.491 e. The third-order valence-electron chi connectivity index (χ3n) is 2.47. The van der Waals surface area contributed by atoms with Crippen LogP contribution in [0.2, 0.25) is 0 Å². The number of aromatic carboxylic acids is 1. The van der Waals surface area contributed by atoms with Gasteiger partial charge in [-0.15, -0.1) is 10.2 Å². The van der Waals surface area contributed by atoms with Gasteiger partial charge in [-0.2, -0.15) is 4.80 Å². The van der Waals surface area contributed by atoms with Gasteiger partial charge in [-0.05, 0) is 36.4 Å². The highest BCUT2D eigenvalue weighted by atomic mass is 16.5. The molecule has 106 valence electrons. The molecule has 20 heavy (non-hydrogen) atoms. The van der Waals surface area contributed by atoms with E-state index in [1.807, 2.05) is 0 Å². The van der Waals surface area contributed by atoms with Gasteiger partial charge in [0.2, 0.25) is 0 Å². The van der Waals surface area contributed by atoms with Crippen LogP contribution in [0.25, 0.3) is 0 Å². The predicted molar refractivity (Wildman–Crippen MR) is 67.5 cm³/mol. The summed E-state index contributed by atoms with van der Waals surface area (Å²) < 4.78 is 5.35. The molecule has 8 heteroatoms. The molecular weight excluding hydrogens is 264 g/mol. The summed E-state index contributed by atoms with van der Waals surface area (Å²) in [6, 6.07) is 5.95. The van der Waals surface area contributed by atoms with Crippen molar-refractivity contribution in [3.63, 3.8) is 0 Å². The summed E-state index contributed by atoms with van der Waals surface area (Å²) >= 11 is 0. The van der Waals surface area contributed by atoms with Gasteiger partial charge in [0.15, 0.2) is 5.82 Å². The summed E-state index contributed by atoms with van der Waals surface area (Å²) in [5, 5.41) is 29.9. The van der Waals surface area contributed by atoms with Crippen molar-refractivity contribution in [1.82, 2.24) is 20.2 Å². The van der Waals surface area contributed by atoms with E-state index in [0.29, 0.717) is 11.6 Å². The maximum absolute atomic E-state index is 10.7. The molecule has 0 aliphatic heterocycles.